The van der Waals surface area contributed by atoms with Gasteiger partial charge in [0.25, 0.3) is 5.91 Å². The number of amides is 1. The van der Waals surface area contributed by atoms with Gasteiger partial charge in [-0.25, -0.2) is 4.98 Å². The van der Waals surface area contributed by atoms with E-state index < -0.39 is 0 Å². The number of nitrogens with zero attached hydrogens (tertiary/aromatic N) is 2. The molecule has 1 aliphatic heterocycles. The van der Waals surface area contributed by atoms with Crippen LogP contribution in [0, 0.1) is 5.92 Å². The Morgan fingerprint density at radius 3 is 3.17 bits per heavy atom. The van der Waals surface area contributed by atoms with Gasteiger partial charge in [0.1, 0.15) is 10.7 Å². The van der Waals surface area contributed by atoms with Crippen molar-refractivity contribution in [1.29, 1.82) is 0 Å². The van der Waals surface area contributed by atoms with E-state index in [0.717, 1.165) is 24.4 Å². The Labute approximate surface area is 111 Å². The highest BCUT2D eigenvalue weighted by Crippen LogP contribution is 2.21. The van der Waals surface area contributed by atoms with Gasteiger partial charge in [0.05, 0.1) is 6.04 Å². The first-order valence-corrected chi connectivity index (χ1v) is 7.11. The predicted octanol–water partition coefficient (Wildman–Crippen LogP) is 1.01. The van der Waals surface area contributed by atoms with Crippen molar-refractivity contribution in [3.63, 3.8) is 0 Å². The second-order valence-corrected chi connectivity index (χ2v) is 5.69. The lowest BCUT2D eigenvalue weighted by atomic mass is 9.99. The first-order valence-electron chi connectivity index (χ1n) is 6.23. The van der Waals surface area contributed by atoms with E-state index in [1.54, 1.807) is 10.3 Å². The van der Waals surface area contributed by atoms with Crippen molar-refractivity contribution in [1.82, 2.24) is 9.88 Å². The number of hydrogen-bond donors (Lipinski definition) is 2. The minimum absolute atomic E-state index is 0.0451. The summed E-state index contributed by atoms with van der Waals surface area (Å²) in [4.78, 5) is 18.3. The van der Waals surface area contributed by atoms with Crippen molar-refractivity contribution in [2.45, 2.75) is 25.8 Å². The number of carbonyl (C=O) groups is 1. The van der Waals surface area contributed by atoms with Crippen LogP contribution < -0.4 is 5.73 Å². The highest BCUT2D eigenvalue weighted by Gasteiger charge is 2.25. The van der Waals surface area contributed by atoms with Crippen molar-refractivity contribution in [3.8, 4) is 0 Å². The van der Waals surface area contributed by atoms with Gasteiger partial charge in [-0.2, -0.15) is 0 Å². The van der Waals surface area contributed by atoms with Crippen LogP contribution in [0.5, 0.6) is 0 Å². The van der Waals surface area contributed by atoms with E-state index in [0.29, 0.717) is 12.2 Å². The average molecular weight is 269 g/mol. The van der Waals surface area contributed by atoms with E-state index in [1.807, 2.05) is 6.92 Å². The average Bonchev–Trinajstić information content (AvgIpc) is 2.87. The molecule has 0 saturated carbocycles. The summed E-state index contributed by atoms with van der Waals surface area (Å²) in [6.45, 7) is 3.38. The number of hydrogen-bond acceptors (Lipinski definition) is 5. The first-order chi connectivity index (χ1) is 8.61. The Morgan fingerprint density at radius 2 is 2.56 bits per heavy atom. The maximum absolute atomic E-state index is 12.2. The summed E-state index contributed by atoms with van der Waals surface area (Å²) >= 11 is 1.42. The highest BCUT2D eigenvalue weighted by molar-refractivity contribution is 7.09. The number of aliphatic hydroxyl groups is 1. The molecule has 0 bridgehead atoms. The van der Waals surface area contributed by atoms with E-state index in [4.69, 9.17) is 10.8 Å². The van der Waals surface area contributed by atoms with Gasteiger partial charge in [-0.1, -0.05) is 0 Å². The number of piperidine rings is 1. The fourth-order valence-corrected chi connectivity index (χ4v) is 2.91. The van der Waals surface area contributed by atoms with Gasteiger partial charge < -0.3 is 15.7 Å². The molecule has 18 heavy (non-hydrogen) atoms. The lowest BCUT2D eigenvalue weighted by Gasteiger charge is -2.31. The summed E-state index contributed by atoms with van der Waals surface area (Å²) in [6.07, 6.45) is 1.93. The molecule has 1 fully saturated rings. The van der Waals surface area contributed by atoms with Crippen LogP contribution in [0.2, 0.25) is 0 Å². The van der Waals surface area contributed by atoms with E-state index in [1.165, 1.54) is 11.3 Å². The largest absolute Gasteiger partial charge is 0.396 e. The maximum Gasteiger partial charge on any atom is 0.273 e. The number of likely N-dealkylation sites (tertiary alicyclic amines) is 1. The highest BCUT2D eigenvalue weighted by atomic mass is 32.1. The number of aromatic nitrogens is 1. The number of thiazole rings is 1. The van der Waals surface area contributed by atoms with Crippen LogP contribution in [0.4, 0.5) is 0 Å². The Morgan fingerprint density at radius 1 is 1.78 bits per heavy atom. The number of aliphatic hydroxyl groups excluding tert-OH is 1. The van der Waals surface area contributed by atoms with Gasteiger partial charge in [-0.3, -0.25) is 4.79 Å². The van der Waals surface area contributed by atoms with E-state index >= 15 is 0 Å². The van der Waals surface area contributed by atoms with Crippen molar-refractivity contribution in [3.05, 3.63) is 16.1 Å². The standard InChI is InChI=1S/C12H19N3O2S/c1-8(13)11-14-10(7-18-11)12(17)15-4-2-3-9(5-15)6-16/h7-9,16H,2-6,13H2,1H3. The Balaban J connectivity index is 2.05. The smallest absolute Gasteiger partial charge is 0.273 e. The molecule has 2 atom stereocenters. The molecule has 100 valence electrons. The molecule has 0 radical (unpaired) electrons. The van der Waals surface area contributed by atoms with Crippen molar-refractivity contribution >= 4 is 17.2 Å². The summed E-state index contributed by atoms with van der Waals surface area (Å²) in [7, 11) is 0. The van der Waals surface area contributed by atoms with E-state index in [9.17, 15) is 4.79 Å². The normalized spacial score (nSPS) is 21.9. The number of rotatable bonds is 3. The van der Waals surface area contributed by atoms with E-state index in [2.05, 4.69) is 4.98 Å². The fourth-order valence-electron chi connectivity index (χ4n) is 2.16. The Bertz CT molecular complexity index is 419. The topological polar surface area (TPSA) is 79.5 Å². The molecule has 1 aromatic rings. The molecule has 3 N–H and O–H groups in total. The monoisotopic (exact) mass is 269 g/mol. The summed E-state index contributed by atoms with van der Waals surface area (Å²) in [5.41, 5.74) is 6.22. The molecule has 1 saturated heterocycles. The van der Waals surface area contributed by atoms with Crippen LogP contribution in [0.25, 0.3) is 0 Å². The maximum atomic E-state index is 12.2. The quantitative estimate of drug-likeness (QED) is 0.858. The SMILES string of the molecule is CC(N)c1nc(C(=O)N2CCCC(CO)C2)cs1. The second-order valence-electron chi connectivity index (χ2n) is 4.80. The summed E-state index contributed by atoms with van der Waals surface area (Å²) < 4.78 is 0. The minimum Gasteiger partial charge on any atom is -0.396 e. The Hall–Kier alpha value is -0.980. The first kappa shape index (κ1) is 13.5. The van der Waals surface area contributed by atoms with Gasteiger partial charge in [0.15, 0.2) is 0 Å². The molecule has 6 heteroatoms. The fraction of sp³-hybridized carbons (Fsp3) is 0.667. The zero-order valence-corrected chi connectivity index (χ0v) is 11.3. The molecule has 2 heterocycles. The molecule has 5 nitrogen and oxygen atoms in total. The molecule has 0 aliphatic carbocycles. The van der Waals surface area contributed by atoms with Crippen LogP contribution in [-0.4, -0.2) is 40.6 Å². The van der Waals surface area contributed by atoms with Gasteiger partial charge in [-0.05, 0) is 25.7 Å². The lowest BCUT2D eigenvalue weighted by molar-refractivity contribution is 0.0615. The third-order valence-corrected chi connectivity index (χ3v) is 4.24. The molecule has 2 rings (SSSR count). The molecule has 2 unspecified atom stereocenters. The number of nitrogens with two attached hydrogens (primary N) is 1. The predicted molar refractivity (Wildman–Crippen MR) is 70.4 cm³/mol. The molecule has 0 spiro atoms. The molecular weight excluding hydrogens is 250 g/mol. The van der Waals surface area contributed by atoms with Crippen molar-refractivity contribution in [2.75, 3.05) is 19.7 Å². The van der Waals surface area contributed by atoms with Crippen LogP contribution in [-0.2, 0) is 0 Å². The van der Waals surface area contributed by atoms with Crippen LogP contribution >= 0.6 is 11.3 Å². The van der Waals surface area contributed by atoms with Gasteiger partial charge in [-0.15, -0.1) is 11.3 Å². The zero-order valence-electron chi connectivity index (χ0n) is 10.5. The van der Waals surface area contributed by atoms with Crippen molar-refractivity contribution < 1.29 is 9.90 Å². The van der Waals surface area contributed by atoms with Crippen LogP contribution in [0.3, 0.4) is 0 Å². The molecule has 0 aromatic carbocycles. The molecular formula is C12H19N3O2S. The summed E-state index contributed by atoms with van der Waals surface area (Å²) in [6, 6.07) is -0.136. The summed E-state index contributed by atoms with van der Waals surface area (Å²) in [5.74, 6) is 0.158. The third-order valence-electron chi connectivity index (χ3n) is 3.19. The number of carbonyl (C=O) groups excluding carboxylic acids is 1. The molecule has 1 amide bonds. The lowest BCUT2D eigenvalue weighted by Crippen LogP contribution is -2.41. The van der Waals surface area contributed by atoms with Crippen LogP contribution in [0.1, 0.15) is 41.3 Å². The zero-order chi connectivity index (χ0) is 13.1. The minimum atomic E-state index is -0.136. The van der Waals surface area contributed by atoms with Gasteiger partial charge in [0, 0.05) is 25.1 Å². The molecule has 1 aromatic heterocycles. The van der Waals surface area contributed by atoms with Gasteiger partial charge >= 0.3 is 0 Å². The second kappa shape index (κ2) is 5.77. The third kappa shape index (κ3) is 2.88. The van der Waals surface area contributed by atoms with E-state index in [-0.39, 0.29) is 24.5 Å². The van der Waals surface area contributed by atoms with Gasteiger partial charge in [0.2, 0.25) is 0 Å². The van der Waals surface area contributed by atoms with Crippen LogP contribution in [0.15, 0.2) is 5.38 Å². The van der Waals surface area contributed by atoms with Crippen molar-refractivity contribution in [2.24, 2.45) is 11.7 Å². The summed E-state index contributed by atoms with van der Waals surface area (Å²) in [5, 5.41) is 11.7. The Kier molecular flexibility index (Phi) is 4.31. The molecule has 1 aliphatic rings.